The number of fused-ring (bicyclic) bond motifs is 2. The molecule has 0 bridgehead atoms. The van der Waals surface area contributed by atoms with Gasteiger partial charge in [-0.2, -0.15) is 10.2 Å². The monoisotopic (exact) mass is 791 g/mol. The molecule has 304 valence electrons. The molecule has 2 saturated carbocycles. The Morgan fingerprint density at radius 1 is 1.00 bits per heavy atom. The molecule has 9 rings (SSSR count). The summed E-state index contributed by atoms with van der Waals surface area (Å²) in [6.07, 6.45) is 9.39. The van der Waals surface area contributed by atoms with Gasteiger partial charge in [-0.25, -0.2) is 9.18 Å². The van der Waals surface area contributed by atoms with Crippen LogP contribution in [0.4, 0.5) is 20.7 Å². The number of aromatic nitrogens is 5. The first kappa shape index (κ1) is 38.0. The predicted molar refractivity (Wildman–Crippen MR) is 218 cm³/mol. The number of amides is 4. The first-order valence-electron chi connectivity index (χ1n) is 20.7. The van der Waals surface area contributed by atoms with Crippen molar-refractivity contribution in [3.05, 3.63) is 76.3 Å². The number of benzene rings is 2. The molecular formula is C43H50FN9O5. The highest BCUT2D eigenvalue weighted by molar-refractivity contribution is 6.09. The minimum atomic E-state index is -1.04. The molecule has 2 aliphatic carbocycles. The summed E-state index contributed by atoms with van der Waals surface area (Å²) in [6.45, 7) is 7.33. The number of carbonyl (C=O) groups is 3. The van der Waals surface area contributed by atoms with Crippen molar-refractivity contribution in [3.8, 4) is 5.75 Å². The third-order valence-corrected chi connectivity index (χ3v) is 12.4. The number of ether oxygens (including phenoxy) is 1. The number of nitrogens with zero attached hydrogens (tertiary/aromatic N) is 7. The lowest BCUT2D eigenvalue weighted by Gasteiger charge is -2.36. The Bertz CT molecular complexity index is 2460. The number of anilines is 2. The third kappa shape index (κ3) is 7.47. The number of halogens is 1. The molecule has 2 aromatic carbocycles. The van der Waals surface area contributed by atoms with Crippen LogP contribution in [0.1, 0.15) is 99.1 Å². The van der Waals surface area contributed by atoms with E-state index in [2.05, 4.69) is 43.5 Å². The van der Waals surface area contributed by atoms with Crippen molar-refractivity contribution in [2.45, 2.75) is 95.5 Å². The fourth-order valence-electron chi connectivity index (χ4n) is 9.16. The number of nitrogens with one attached hydrogen (secondary N) is 2. The van der Waals surface area contributed by atoms with E-state index >= 15 is 0 Å². The zero-order chi connectivity index (χ0) is 40.2. The number of piperidine rings is 1. The highest BCUT2D eigenvalue weighted by Crippen LogP contribution is 2.39. The highest BCUT2D eigenvalue weighted by Gasteiger charge is 2.40. The van der Waals surface area contributed by atoms with E-state index in [4.69, 9.17) is 9.84 Å². The van der Waals surface area contributed by atoms with Crippen molar-refractivity contribution in [1.29, 1.82) is 0 Å². The largest absolute Gasteiger partial charge is 0.490 e. The van der Waals surface area contributed by atoms with Crippen LogP contribution in [-0.2, 0) is 11.8 Å². The van der Waals surface area contributed by atoms with Gasteiger partial charge in [0.2, 0.25) is 5.91 Å². The van der Waals surface area contributed by atoms with Gasteiger partial charge in [0.1, 0.15) is 17.6 Å². The maximum Gasteiger partial charge on any atom is 0.329 e. The molecule has 2 N–H and O–H groups in total. The zero-order valence-electron chi connectivity index (χ0n) is 33.2. The van der Waals surface area contributed by atoms with Gasteiger partial charge in [0.15, 0.2) is 5.82 Å². The number of likely N-dealkylation sites (tertiary alicyclic amines) is 1. The molecule has 4 aliphatic rings. The Balaban J connectivity index is 0.807. The lowest BCUT2D eigenvalue weighted by Crippen LogP contribution is -2.49. The highest BCUT2D eigenvalue weighted by atomic mass is 19.1. The van der Waals surface area contributed by atoms with Crippen LogP contribution in [0.15, 0.2) is 59.7 Å². The quantitative estimate of drug-likeness (QED) is 0.164. The van der Waals surface area contributed by atoms with E-state index < -0.39 is 29.7 Å². The summed E-state index contributed by atoms with van der Waals surface area (Å²) >= 11 is 0. The zero-order valence-corrected chi connectivity index (χ0v) is 33.2. The number of carbonyl (C=O) groups excluding carboxylic acids is 3. The van der Waals surface area contributed by atoms with Crippen molar-refractivity contribution < 1.29 is 23.5 Å². The van der Waals surface area contributed by atoms with Crippen LogP contribution in [-0.4, -0.2) is 85.3 Å². The number of alkyl halides is 1. The summed E-state index contributed by atoms with van der Waals surface area (Å²) in [4.78, 5) is 55.0. The van der Waals surface area contributed by atoms with E-state index in [1.807, 2.05) is 37.8 Å². The molecule has 0 unspecified atom stereocenters. The molecule has 2 atom stereocenters. The van der Waals surface area contributed by atoms with Crippen molar-refractivity contribution in [2.75, 3.05) is 36.4 Å². The van der Waals surface area contributed by atoms with E-state index in [1.54, 1.807) is 23.2 Å². The van der Waals surface area contributed by atoms with Crippen LogP contribution in [0.3, 0.4) is 0 Å². The predicted octanol–water partition coefficient (Wildman–Crippen LogP) is 6.46. The van der Waals surface area contributed by atoms with Crippen molar-refractivity contribution in [1.82, 2.24) is 34.3 Å². The van der Waals surface area contributed by atoms with Gasteiger partial charge < -0.3 is 19.5 Å². The SMILES string of the molecule is CC(C)Oc1cc2nn([C@H]3CC[C@H](CN4CCC(c5ccc6c(N7CCC(=O)NC7=O)nn(C)c6c5)CC4)CC3)cc2cc1C(=O)Nc1cccn([C@H]2C[C@H]2F)c1=O. The van der Waals surface area contributed by atoms with Crippen LogP contribution in [0.25, 0.3) is 21.8 Å². The van der Waals surface area contributed by atoms with Crippen molar-refractivity contribution >= 4 is 51.2 Å². The molecule has 3 aromatic heterocycles. The first-order valence-corrected chi connectivity index (χ1v) is 20.7. The minimum absolute atomic E-state index is 0.101. The normalized spacial score (nSPS) is 23.2. The van der Waals surface area contributed by atoms with Crippen LogP contribution >= 0.6 is 0 Å². The number of imide groups is 1. The fraction of sp³-hybridized carbons (Fsp3) is 0.488. The molecule has 2 aliphatic heterocycles. The van der Waals surface area contributed by atoms with E-state index in [-0.39, 0.29) is 30.2 Å². The Labute approximate surface area is 335 Å². The van der Waals surface area contributed by atoms with Gasteiger partial charge in [-0.1, -0.05) is 6.07 Å². The second-order valence-electron chi connectivity index (χ2n) is 16.8. The summed E-state index contributed by atoms with van der Waals surface area (Å²) in [7, 11) is 1.90. The number of aryl methyl sites for hydroxylation is 1. The molecule has 58 heavy (non-hydrogen) atoms. The summed E-state index contributed by atoms with van der Waals surface area (Å²) in [5.74, 6) is 1.35. The topological polar surface area (TPSA) is 149 Å². The lowest BCUT2D eigenvalue weighted by molar-refractivity contribution is -0.120. The number of rotatable bonds is 10. The molecule has 4 amide bonds. The molecule has 5 aromatic rings. The van der Waals surface area contributed by atoms with Gasteiger partial charge in [-0.05, 0) is 113 Å². The molecule has 0 spiro atoms. The first-order chi connectivity index (χ1) is 28.0. The Morgan fingerprint density at radius 2 is 1.78 bits per heavy atom. The van der Waals surface area contributed by atoms with E-state index in [0.717, 1.165) is 80.0 Å². The second-order valence-corrected chi connectivity index (χ2v) is 16.8. The average Bonchev–Trinajstić information content (AvgIpc) is 3.63. The smallest absolute Gasteiger partial charge is 0.329 e. The number of pyridine rings is 1. The number of hydrogen-bond donors (Lipinski definition) is 2. The van der Waals surface area contributed by atoms with Gasteiger partial charge in [0.05, 0.1) is 34.8 Å². The molecule has 2 saturated heterocycles. The molecule has 14 nitrogen and oxygen atoms in total. The van der Waals surface area contributed by atoms with E-state index in [1.165, 1.54) is 16.2 Å². The molecule has 4 fully saturated rings. The lowest BCUT2D eigenvalue weighted by atomic mass is 9.84. The van der Waals surface area contributed by atoms with Crippen LogP contribution < -0.4 is 25.8 Å². The van der Waals surface area contributed by atoms with Gasteiger partial charge >= 0.3 is 6.03 Å². The Morgan fingerprint density at radius 3 is 2.50 bits per heavy atom. The number of hydrogen-bond acceptors (Lipinski definition) is 8. The molecular weight excluding hydrogens is 742 g/mol. The standard InChI is InChI=1S/C43H50FN9O5/c1-25(2)58-38-22-35-29(19-32(38)41(55)45-34-5-4-15-51(42(34)56)37-21-33(37)44)24-53(47-35)30-9-6-26(7-10-30)23-50-16-12-27(13-17-50)28-8-11-31-36(20-28)49(3)48-40(31)52-18-14-39(54)46-43(52)57/h4-5,8,11,15,19-20,22,24-27,30,33,37H,6-7,9-10,12-14,16-18,21,23H2,1-3H3,(H,45,55)(H,46,54,57)/t26-,30-,33-,37+/m1/s1. The second kappa shape index (κ2) is 15.3. The van der Waals surface area contributed by atoms with Gasteiger partial charge in [0, 0.05) is 62.2 Å². The Kier molecular flexibility index (Phi) is 10.0. The summed E-state index contributed by atoms with van der Waals surface area (Å²) in [5, 5.41) is 16.5. The minimum Gasteiger partial charge on any atom is -0.490 e. The van der Waals surface area contributed by atoms with Crippen LogP contribution in [0.2, 0.25) is 0 Å². The fourth-order valence-corrected chi connectivity index (χ4v) is 9.16. The third-order valence-electron chi connectivity index (χ3n) is 12.4. The Hall–Kier alpha value is -5.57. The summed E-state index contributed by atoms with van der Waals surface area (Å²) in [6, 6.07) is 12.6. The van der Waals surface area contributed by atoms with Crippen LogP contribution in [0.5, 0.6) is 5.75 Å². The van der Waals surface area contributed by atoms with E-state index in [9.17, 15) is 23.6 Å². The average molecular weight is 792 g/mol. The maximum absolute atomic E-state index is 13.7. The molecule has 0 radical (unpaired) electrons. The van der Waals surface area contributed by atoms with Crippen molar-refractivity contribution in [2.24, 2.45) is 13.0 Å². The summed E-state index contributed by atoms with van der Waals surface area (Å²) in [5.41, 5.74) is 3.02. The van der Waals surface area contributed by atoms with Crippen LogP contribution in [0, 0.1) is 5.92 Å². The molecule has 5 heterocycles. The number of urea groups is 1. The van der Waals surface area contributed by atoms with E-state index in [0.29, 0.717) is 41.9 Å². The van der Waals surface area contributed by atoms with Gasteiger partial charge in [-0.15, -0.1) is 0 Å². The molecule has 15 heteroatoms. The van der Waals surface area contributed by atoms with Crippen molar-refractivity contribution in [3.63, 3.8) is 0 Å². The summed E-state index contributed by atoms with van der Waals surface area (Å²) < 4.78 is 25.1. The van der Waals surface area contributed by atoms with Gasteiger partial charge in [-0.3, -0.25) is 34.0 Å². The maximum atomic E-state index is 13.7. The van der Waals surface area contributed by atoms with Gasteiger partial charge in [0.25, 0.3) is 11.5 Å².